The van der Waals surface area contributed by atoms with Crippen molar-refractivity contribution in [2.75, 3.05) is 19.8 Å². The van der Waals surface area contributed by atoms with Crippen LogP contribution in [0.3, 0.4) is 0 Å². The largest absolute Gasteiger partial charge is 0.427 e. The molecule has 0 heterocycles. The van der Waals surface area contributed by atoms with Crippen molar-refractivity contribution < 1.29 is 19.1 Å². The van der Waals surface area contributed by atoms with Crippen LogP contribution in [-0.4, -0.2) is 41.9 Å². The molecule has 8 nitrogen and oxygen atoms in total. The zero-order valence-electron chi connectivity index (χ0n) is 23.2. The lowest BCUT2D eigenvalue weighted by molar-refractivity contribution is -0.137. The highest BCUT2D eigenvalue weighted by Crippen LogP contribution is 2.26. The molecule has 2 rings (SSSR count). The summed E-state index contributed by atoms with van der Waals surface area (Å²) in [5, 5.41) is 13.4. The molecule has 0 bridgehead atoms. The first-order chi connectivity index (χ1) is 18.4. The summed E-state index contributed by atoms with van der Waals surface area (Å²) in [7, 11) is 0. The number of rotatable bonds is 14. The molecule has 39 heavy (non-hydrogen) atoms. The Bertz CT molecular complexity index is 994. The maximum atomic E-state index is 12.2. The number of carbonyl (C=O) groups is 2. The second-order valence-corrected chi connectivity index (χ2v) is 11.6. The van der Waals surface area contributed by atoms with E-state index < -0.39 is 0 Å². The molecule has 0 saturated heterocycles. The number of nitrogens with one attached hydrogen (secondary N) is 4. The maximum Gasteiger partial charge on any atom is 0.311 e. The number of hydrogen-bond donors (Lipinski definition) is 4. The fourth-order valence-electron chi connectivity index (χ4n) is 3.63. The van der Waals surface area contributed by atoms with E-state index in [0.717, 1.165) is 12.8 Å². The average molecular weight is 573 g/mol. The van der Waals surface area contributed by atoms with Gasteiger partial charge in [-0.1, -0.05) is 64.1 Å². The third-order valence-electron chi connectivity index (χ3n) is 5.87. The topological polar surface area (TPSA) is 101 Å². The minimum Gasteiger partial charge on any atom is -0.427 e. The summed E-state index contributed by atoms with van der Waals surface area (Å²) >= 11 is 10.7. The molecular formula is C29H40N4O4S2. The van der Waals surface area contributed by atoms with Gasteiger partial charge in [0.25, 0.3) is 0 Å². The van der Waals surface area contributed by atoms with E-state index in [0.29, 0.717) is 54.3 Å². The van der Waals surface area contributed by atoms with Crippen molar-refractivity contribution in [2.45, 2.75) is 53.4 Å². The normalized spacial score (nSPS) is 11.2. The molecule has 0 radical (unpaired) electrons. The lowest BCUT2D eigenvalue weighted by atomic mass is 9.86. The van der Waals surface area contributed by atoms with Gasteiger partial charge >= 0.3 is 11.9 Å². The number of hydrogen-bond acceptors (Lipinski definition) is 6. The summed E-state index contributed by atoms with van der Waals surface area (Å²) < 4.78 is 10.8. The predicted octanol–water partition coefficient (Wildman–Crippen LogP) is 4.70. The van der Waals surface area contributed by atoms with E-state index >= 15 is 0 Å². The van der Waals surface area contributed by atoms with Crippen LogP contribution in [0.25, 0.3) is 0 Å². The van der Waals surface area contributed by atoms with Gasteiger partial charge in [0.05, 0.1) is 19.5 Å². The molecule has 0 amide bonds. The fraction of sp³-hybridized carbons (Fsp3) is 0.448. The maximum absolute atomic E-state index is 12.2. The van der Waals surface area contributed by atoms with Crippen LogP contribution < -0.4 is 30.7 Å². The minimum atomic E-state index is -0.257. The number of ether oxygens (including phenoxy) is 2. The lowest BCUT2D eigenvalue weighted by Gasteiger charge is -2.24. The Labute approximate surface area is 242 Å². The molecule has 0 aliphatic rings. The van der Waals surface area contributed by atoms with Crippen LogP contribution in [0.4, 0.5) is 0 Å². The van der Waals surface area contributed by atoms with Gasteiger partial charge in [0.2, 0.25) is 0 Å². The second-order valence-electron chi connectivity index (χ2n) is 10.8. The Morgan fingerprint density at radius 1 is 0.641 bits per heavy atom. The first-order valence-electron chi connectivity index (χ1n) is 13.0. The molecular weight excluding hydrogens is 532 g/mol. The van der Waals surface area contributed by atoms with Gasteiger partial charge < -0.3 is 30.7 Å². The third kappa shape index (κ3) is 14.5. The Balaban J connectivity index is 1.55. The van der Waals surface area contributed by atoms with Gasteiger partial charge in [-0.15, -0.1) is 0 Å². The highest BCUT2D eigenvalue weighted by atomic mass is 32.1. The van der Waals surface area contributed by atoms with Crippen molar-refractivity contribution in [1.82, 2.24) is 21.3 Å². The molecule has 0 atom stereocenters. The number of benzene rings is 2. The van der Waals surface area contributed by atoms with E-state index in [9.17, 15) is 9.59 Å². The summed E-state index contributed by atoms with van der Waals surface area (Å²) in [6, 6.07) is 18.1. The molecule has 0 fully saturated rings. The number of thiocarbonyl (C=S) groups is 2. The van der Waals surface area contributed by atoms with Gasteiger partial charge in [-0.25, -0.2) is 0 Å². The van der Waals surface area contributed by atoms with Gasteiger partial charge in [0, 0.05) is 13.1 Å². The van der Waals surface area contributed by atoms with Crippen LogP contribution in [0, 0.1) is 10.8 Å². The molecule has 0 saturated carbocycles. The molecule has 0 aliphatic heterocycles. The number of para-hydroxylation sites is 2. The van der Waals surface area contributed by atoms with Gasteiger partial charge in [-0.05, 0) is 72.4 Å². The molecule has 0 unspecified atom stereocenters. The number of carbonyl (C=O) groups excluding carboxylic acids is 2. The summed E-state index contributed by atoms with van der Waals surface area (Å²) in [6.45, 7) is 9.68. The van der Waals surface area contributed by atoms with Crippen LogP contribution in [-0.2, 0) is 9.59 Å². The van der Waals surface area contributed by atoms with Crippen LogP contribution in [0.1, 0.15) is 53.4 Å². The van der Waals surface area contributed by atoms with Gasteiger partial charge in [-0.2, -0.15) is 0 Å². The smallest absolute Gasteiger partial charge is 0.311 e. The Kier molecular flexibility index (Phi) is 13.1. The standard InChI is InChI=1S/C29H40N4O4S2/c1-28(2,19-24(34)36-22-11-7-5-8-12-22)15-17-30-26(38)32-21-33-27(39)31-18-16-29(3,4)20-25(35)37-23-13-9-6-10-14-23/h5-14H,15-21H2,1-4H3,(H2,30,32,38)(H2,31,33,39). The van der Waals surface area contributed by atoms with Crippen molar-refractivity contribution in [3.63, 3.8) is 0 Å². The van der Waals surface area contributed by atoms with Crippen molar-refractivity contribution in [3.8, 4) is 11.5 Å². The molecule has 2 aromatic rings. The quantitative estimate of drug-likeness (QED) is 0.110. The highest BCUT2D eigenvalue weighted by molar-refractivity contribution is 7.80. The van der Waals surface area contributed by atoms with Crippen molar-refractivity contribution in [1.29, 1.82) is 0 Å². The lowest BCUT2D eigenvalue weighted by Crippen LogP contribution is -2.46. The van der Waals surface area contributed by atoms with Crippen LogP contribution in [0.15, 0.2) is 60.7 Å². The van der Waals surface area contributed by atoms with Crippen LogP contribution in [0.2, 0.25) is 0 Å². The first kappa shape index (κ1) is 32.0. The van der Waals surface area contributed by atoms with Crippen molar-refractivity contribution in [3.05, 3.63) is 60.7 Å². The van der Waals surface area contributed by atoms with E-state index in [4.69, 9.17) is 33.9 Å². The van der Waals surface area contributed by atoms with Crippen LogP contribution in [0.5, 0.6) is 11.5 Å². The zero-order chi connectivity index (χ0) is 28.7. The summed E-state index contributed by atoms with van der Waals surface area (Å²) in [4.78, 5) is 24.5. The SMILES string of the molecule is CC(C)(CCNC(=S)NCNC(=S)NCCC(C)(C)CC(=O)Oc1ccccc1)CC(=O)Oc1ccccc1. The number of esters is 2. The molecule has 0 spiro atoms. The van der Waals surface area contributed by atoms with Gasteiger partial charge in [0.1, 0.15) is 11.5 Å². The third-order valence-corrected chi connectivity index (χ3v) is 6.45. The minimum absolute atomic E-state index is 0.246. The van der Waals surface area contributed by atoms with Gasteiger partial charge in [0.15, 0.2) is 10.2 Å². The summed E-state index contributed by atoms with van der Waals surface area (Å²) in [5.41, 5.74) is -0.492. The highest BCUT2D eigenvalue weighted by Gasteiger charge is 2.24. The first-order valence-corrected chi connectivity index (χ1v) is 13.8. The van der Waals surface area contributed by atoms with E-state index in [1.54, 1.807) is 24.3 Å². The second kappa shape index (κ2) is 16.0. The molecule has 0 aliphatic carbocycles. The Morgan fingerprint density at radius 2 is 1.00 bits per heavy atom. The molecule has 212 valence electrons. The molecule has 0 aromatic heterocycles. The van der Waals surface area contributed by atoms with E-state index in [1.807, 2.05) is 64.1 Å². The van der Waals surface area contributed by atoms with E-state index in [-0.39, 0.29) is 22.8 Å². The van der Waals surface area contributed by atoms with E-state index in [2.05, 4.69) is 21.3 Å². The average Bonchev–Trinajstić information content (AvgIpc) is 2.84. The summed E-state index contributed by atoms with van der Waals surface area (Å²) in [5.74, 6) is 0.586. The summed E-state index contributed by atoms with van der Waals surface area (Å²) in [6.07, 6.45) is 2.08. The monoisotopic (exact) mass is 572 g/mol. The molecule has 2 aromatic carbocycles. The van der Waals surface area contributed by atoms with Crippen LogP contribution >= 0.6 is 24.4 Å². The Morgan fingerprint density at radius 3 is 1.36 bits per heavy atom. The van der Waals surface area contributed by atoms with E-state index in [1.165, 1.54) is 0 Å². The van der Waals surface area contributed by atoms with Gasteiger partial charge in [-0.3, -0.25) is 9.59 Å². The molecule has 4 N–H and O–H groups in total. The van der Waals surface area contributed by atoms with Crippen molar-refractivity contribution >= 4 is 46.6 Å². The predicted molar refractivity (Wildman–Crippen MR) is 163 cm³/mol. The van der Waals surface area contributed by atoms with Crippen molar-refractivity contribution in [2.24, 2.45) is 10.8 Å². The zero-order valence-corrected chi connectivity index (χ0v) is 24.8. The molecule has 10 heteroatoms. The fourth-order valence-corrected chi connectivity index (χ4v) is 3.98. The Hall–Kier alpha value is -3.24.